The van der Waals surface area contributed by atoms with Gasteiger partial charge in [0.1, 0.15) is 10.7 Å². The van der Waals surface area contributed by atoms with Crippen molar-refractivity contribution in [3.63, 3.8) is 0 Å². The zero-order valence-corrected chi connectivity index (χ0v) is 11.9. The molecule has 1 N–H and O–H groups in total. The standard InChI is InChI=1S/C12H15N5OS/c1-4-12(2,3)10-16-17-11(19-10)15-9(18)8-7-13-5-6-14-8/h5-7H,4H2,1-3H3,(H,15,17,18). The van der Waals surface area contributed by atoms with Gasteiger partial charge >= 0.3 is 0 Å². The molecule has 6 nitrogen and oxygen atoms in total. The molecule has 0 unspecified atom stereocenters. The van der Waals surface area contributed by atoms with E-state index < -0.39 is 0 Å². The van der Waals surface area contributed by atoms with Crippen LogP contribution in [0.15, 0.2) is 18.6 Å². The largest absolute Gasteiger partial charge is 0.295 e. The van der Waals surface area contributed by atoms with E-state index in [-0.39, 0.29) is 17.0 Å². The number of nitrogens with zero attached hydrogens (tertiary/aromatic N) is 4. The van der Waals surface area contributed by atoms with Gasteiger partial charge in [-0.1, -0.05) is 32.1 Å². The Hall–Kier alpha value is -1.89. The average molecular weight is 277 g/mol. The number of rotatable bonds is 4. The second-order valence-electron chi connectivity index (χ2n) is 4.69. The van der Waals surface area contributed by atoms with Crippen LogP contribution in [-0.4, -0.2) is 26.1 Å². The fourth-order valence-corrected chi connectivity index (χ4v) is 2.19. The minimum Gasteiger partial charge on any atom is -0.295 e. The molecular weight excluding hydrogens is 262 g/mol. The van der Waals surface area contributed by atoms with Gasteiger partial charge in [-0.25, -0.2) is 4.98 Å². The number of nitrogens with one attached hydrogen (secondary N) is 1. The summed E-state index contributed by atoms with van der Waals surface area (Å²) >= 11 is 1.39. The van der Waals surface area contributed by atoms with Crippen molar-refractivity contribution in [3.05, 3.63) is 29.3 Å². The van der Waals surface area contributed by atoms with Crippen LogP contribution < -0.4 is 5.32 Å². The van der Waals surface area contributed by atoms with Gasteiger partial charge in [0.05, 0.1) is 6.20 Å². The van der Waals surface area contributed by atoms with E-state index in [2.05, 4.69) is 46.3 Å². The molecule has 0 atom stereocenters. The van der Waals surface area contributed by atoms with Crippen molar-refractivity contribution in [1.82, 2.24) is 20.2 Å². The molecule has 0 aromatic carbocycles. The van der Waals surface area contributed by atoms with Gasteiger partial charge in [-0.05, 0) is 6.42 Å². The Kier molecular flexibility index (Phi) is 3.84. The lowest BCUT2D eigenvalue weighted by Crippen LogP contribution is -2.14. The first-order chi connectivity index (χ1) is 9.03. The van der Waals surface area contributed by atoms with E-state index in [9.17, 15) is 4.79 Å². The summed E-state index contributed by atoms with van der Waals surface area (Å²) < 4.78 is 0. The Bertz CT molecular complexity index is 567. The molecule has 0 saturated carbocycles. The molecule has 2 aromatic heterocycles. The summed E-state index contributed by atoms with van der Waals surface area (Å²) in [4.78, 5) is 19.6. The Morgan fingerprint density at radius 3 is 2.79 bits per heavy atom. The van der Waals surface area contributed by atoms with Crippen molar-refractivity contribution in [2.75, 3.05) is 5.32 Å². The minimum absolute atomic E-state index is 0.0345. The molecule has 0 aliphatic heterocycles. The maximum absolute atomic E-state index is 11.9. The van der Waals surface area contributed by atoms with Gasteiger partial charge < -0.3 is 0 Å². The summed E-state index contributed by atoms with van der Waals surface area (Å²) in [7, 11) is 0. The fourth-order valence-electron chi connectivity index (χ4n) is 1.28. The molecule has 0 fully saturated rings. The molecule has 0 radical (unpaired) electrons. The van der Waals surface area contributed by atoms with E-state index in [0.29, 0.717) is 5.13 Å². The topological polar surface area (TPSA) is 80.7 Å². The molecule has 0 bridgehead atoms. The predicted molar refractivity (Wildman–Crippen MR) is 73.2 cm³/mol. The second-order valence-corrected chi connectivity index (χ2v) is 5.67. The highest BCUT2D eigenvalue weighted by Crippen LogP contribution is 2.30. The van der Waals surface area contributed by atoms with Crippen molar-refractivity contribution in [2.45, 2.75) is 32.6 Å². The summed E-state index contributed by atoms with van der Waals surface area (Å²) in [6.07, 6.45) is 5.36. The van der Waals surface area contributed by atoms with Crippen LogP contribution in [0.25, 0.3) is 0 Å². The first kappa shape index (κ1) is 13.5. The smallest absolute Gasteiger partial charge is 0.277 e. The molecule has 1 amide bonds. The lowest BCUT2D eigenvalue weighted by atomic mass is 9.91. The zero-order chi connectivity index (χ0) is 13.9. The molecular formula is C12H15N5OS. The van der Waals surface area contributed by atoms with Crippen LogP contribution in [0.5, 0.6) is 0 Å². The fraction of sp³-hybridized carbons (Fsp3) is 0.417. The maximum Gasteiger partial charge on any atom is 0.277 e. The first-order valence-corrected chi connectivity index (χ1v) is 6.76. The van der Waals surface area contributed by atoms with E-state index in [1.54, 1.807) is 0 Å². The molecule has 7 heteroatoms. The second kappa shape index (κ2) is 5.40. The Morgan fingerprint density at radius 2 is 2.16 bits per heavy atom. The summed E-state index contributed by atoms with van der Waals surface area (Å²) in [5, 5.41) is 12.2. The van der Waals surface area contributed by atoms with Crippen molar-refractivity contribution < 1.29 is 4.79 Å². The first-order valence-electron chi connectivity index (χ1n) is 5.94. The quantitative estimate of drug-likeness (QED) is 0.927. The third-order valence-electron chi connectivity index (χ3n) is 2.90. The van der Waals surface area contributed by atoms with Gasteiger partial charge in [0.25, 0.3) is 5.91 Å². The van der Waals surface area contributed by atoms with Crippen LogP contribution in [0.4, 0.5) is 5.13 Å². The number of anilines is 1. The lowest BCUT2D eigenvalue weighted by molar-refractivity contribution is 0.102. The van der Waals surface area contributed by atoms with Crippen LogP contribution in [-0.2, 0) is 5.41 Å². The normalized spacial score (nSPS) is 11.3. The van der Waals surface area contributed by atoms with Gasteiger partial charge in [0, 0.05) is 17.8 Å². The number of carbonyl (C=O) groups is 1. The maximum atomic E-state index is 11.9. The Balaban J connectivity index is 2.11. The van der Waals surface area contributed by atoms with Gasteiger partial charge in [0.15, 0.2) is 0 Å². The molecule has 2 heterocycles. The third kappa shape index (κ3) is 3.11. The minimum atomic E-state index is -0.329. The van der Waals surface area contributed by atoms with Crippen LogP contribution in [0, 0.1) is 0 Å². The van der Waals surface area contributed by atoms with Crippen molar-refractivity contribution in [3.8, 4) is 0 Å². The van der Waals surface area contributed by atoms with Gasteiger partial charge in [0.2, 0.25) is 5.13 Å². The Labute approximate surface area is 115 Å². The summed E-state index contributed by atoms with van der Waals surface area (Å²) in [6.45, 7) is 6.29. The van der Waals surface area contributed by atoms with Gasteiger partial charge in [-0.15, -0.1) is 10.2 Å². The molecule has 0 saturated heterocycles. The zero-order valence-electron chi connectivity index (χ0n) is 11.0. The summed E-state index contributed by atoms with van der Waals surface area (Å²) in [5.74, 6) is -0.329. The van der Waals surface area contributed by atoms with E-state index in [4.69, 9.17) is 0 Å². The molecule has 0 aliphatic rings. The predicted octanol–water partition coefficient (Wildman–Crippen LogP) is 2.27. The van der Waals surface area contributed by atoms with E-state index >= 15 is 0 Å². The van der Waals surface area contributed by atoms with Crippen molar-refractivity contribution >= 4 is 22.4 Å². The lowest BCUT2D eigenvalue weighted by Gasteiger charge is -2.17. The molecule has 19 heavy (non-hydrogen) atoms. The van der Waals surface area contributed by atoms with E-state index in [0.717, 1.165) is 11.4 Å². The molecule has 2 rings (SSSR count). The number of carbonyl (C=O) groups excluding carboxylic acids is 1. The average Bonchev–Trinajstić information content (AvgIpc) is 2.89. The third-order valence-corrected chi connectivity index (χ3v) is 4.11. The molecule has 0 aliphatic carbocycles. The number of amides is 1. The number of aromatic nitrogens is 4. The monoisotopic (exact) mass is 277 g/mol. The van der Waals surface area contributed by atoms with Crippen molar-refractivity contribution in [1.29, 1.82) is 0 Å². The number of hydrogen-bond donors (Lipinski definition) is 1. The van der Waals surface area contributed by atoms with Crippen LogP contribution >= 0.6 is 11.3 Å². The number of hydrogen-bond acceptors (Lipinski definition) is 6. The van der Waals surface area contributed by atoms with Crippen molar-refractivity contribution in [2.24, 2.45) is 0 Å². The highest BCUT2D eigenvalue weighted by Gasteiger charge is 2.23. The highest BCUT2D eigenvalue weighted by atomic mass is 32.1. The SMILES string of the molecule is CCC(C)(C)c1nnc(NC(=O)c2cnccn2)s1. The molecule has 100 valence electrons. The van der Waals surface area contributed by atoms with Gasteiger partial charge in [-0.2, -0.15) is 0 Å². The van der Waals surface area contributed by atoms with Crippen LogP contribution in [0.2, 0.25) is 0 Å². The molecule has 2 aromatic rings. The highest BCUT2D eigenvalue weighted by molar-refractivity contribution is 7.15. The van der Waals surface area contributed by atoms with Crippen LogP contribution in [0.1, 0.15) is 42.7 Å². The van der Waals surface area contributed by atoms with Crippen LogP contribution in [0.3, 0.4) is 0 Å². The summed E-state index contributed by atoms with van der Waals surface area (Å²) in [6, 6.07) is 0. The van der Waals surface area contributed by atoms with E-state index in [1.807, 2.05) is 0 Å². The van der Waals surface area contributed by atoms with Gasteiger partial charge in [-0.3, -0.25) is 15.1 Å². The summed E-state index contributed by atoms with van der Waals surface area (Å²) in [5.41, 5.74) is 0.224. The van der Waals surface area contributed by atoms with E-state index in [1.165, 1.54) is 29.9 Å². The molecule has 0 spiro atoms. The Morgan fingerprint density at radius 1 is 1.37 bits per heavy atom.